The molecule has 2 atom stereocenters. The van der Waals surface area contributed by atoms with E-state index in [1.54, 1.807) is 0 Å². The first-order valence-electron chi connectivity index (χ1n) is 5.09. The second-order valence-corrected chi connectivity index (χ2v) is 6.08. The molecule has 0 aliphatic heterocycles. The van der Waals surface area contributed by atoms with Gasteiger partial charge in [-0.15, -0.1) is 0 Å². The van der Waals surface area contributed by atoms with Crippen LogP contribution in [0.3, 0.4) is 0 Å². The summed E-state index contributed by atoms with van der Waals surface area (Å²) in [7, 11) is 0. The summed E-state index contributed by atoms with van der Waals surface area (Å²) in [6.45, 7) is 0. The fourth-order valence-electron chi connectivity index (χ4n) is 1.75. The Hall–Kier alpha value is 0.960. The largest absolute Gasteiger partial charge is 0.0879 e. The molecular formula is C10H18Br2. The van der Waals surface area contributed by atoms with Gasteiger partial charge < -0.3 is 0 Å². The molecule has 72 valence electrons. The van der Waals surface area contributed by atoms with E-state index in [1.165, 1.54) is 51.4 Å². The summed E-state index contributed by atoms with van der Waals surface area (Å²) in [4.78, 5) is 1.41. The maximum atomic E-state index is 3.75. The third-order valence-corrected chi connectivity index (χ3v) is 5.50. The van der Waals surface area contributed by atoms with Crippen LogP contribution >= 0.6 is 31.9 Å². The molecule has 2 heteroatoms. The molecule has 0 amide bonds. The van der Waals surface area contributed by atoms with Crippen molar-refractivity contribution in [1.82, 2.24) is 0 Å². The second kappa shape index (κ2) is 6.42. The third-order valence-electron chi connectivity index (χ3n) is 2.60. The minimum absolute atomic E-state index is 0.704. The van der Waals surface area contributed by atoms with E-state index >= 15 is 0 Å². The molecule has 0 nitrogen and oxygen atoms in total. The lowest BCUT2D eigenvalue weighted by atomic mass is 10.0. The van der Waals surface area contributed by atoms with E-state index in [1.807, 2.05) is 0 Å². The van der Waals surface area contributed by atoms with E-state index in [-0.39, 0.29) is 0 Å². The quantitative estimate of drug-likeness (QED) is 0.571. The Labute approximate surface area is 92.8 Å². The Morgan fingerprint density at radius 1 is 0.583 bits per heavy atom. The number of hydrogen-bond donors (Lipinski definition) is 0. The van der Waals surface area contributed by atoms with E-state index in [2.05, 4.69) is 31.9 Å². The summed E-state index contributed by atoms with van der Waals surface area (Å²) in [5, 5.41) is 0. The minimum atomic E-state index is 0.704. The monoisotopic (exact) mass is 296 g/mol. The van der Waals surface area contributed by atoms with Gasteiger partial charge in [0.05, 0.1) is 0 Å². The van der Waals surface area contributed by atoms with Gasteiger partial charge in [-0.2, -0.15) is 0 Å². The molecule has 12 heavy (non-hydrogen) atoms. The van der Waals surface area contributed by atoms with Crippen LogP contribution in [0.25, 0.3) is 0 Å². The van der Waals surface area contributed by atoms with Crippen LogP contribution in [0.1, 0.15) is 51.4 Å². The number of halogens is 2. The molecule has 0 radical (unpaired) electrons. The topological polar surface area (TPSA) is 0 Å². The van der Waals surface area contributed by atoms with Gasteiger partial charge in [0.2, 0.25) is 0 Å². The SMILES string of the molecule is BrC1CCCCCCCCC1Br. The van der Waals surface area contributed by atoms with Gasteiger partial charge >= 0.3 is 0 Å². The average molecular weight is 298 g/mol. The van der Waals surface area contributed by atoms with Gasteiger partial charge in [-0.1, -0.05) is 70.4 Å². The smallest absolute Gasteiger partial charge is 0.0271 e. The molecule has 0 aromatic rings. The Morgan fingerprint density at radius 3 is 1.33 bits per heavy atom. The molecule has 0 bridgehead atoms. The summed E-state index contributed by atoms with van der Waals surface area (Å²) in [5.41, 5.74) is 0. The van der Waals surface area contributed by atoms with Crippen LogP contribution in [0.4, 0.5) is 0 Å². The van der Waals surface area contributed by atoms with Crippen LogP contribution in [0.2, 0.25) is 0 Å². The van der Waals surface area contributed by atoms with Crippen molar-refractivity contribution < 1.29 is 0 Å². The van der Waals surface area contributed by atoms with Crippen LogP contribution < -0.4 is 0 Å². The highest BCUT2D eigenvalue weighted by molar-refractivity contribution is 9.12. The van der Waals surface area contributed by atoms with Gasteiger partial charge in [0.1, 0.15) is 0 Å². The van der Waals surface area contributed by atoms with E-state index in [9.17, 15) is 0 Å². The standard InChI is InChI=1S/C10H18Br2/c11-9-7-5-3-1-2-4-6-8-10(9)12/h9-10H,1-8H2. The van der Waals surface area contributed by atoms with E-state index in [4.69, 9.17) is 0 Å². The number of alkyl halides is 2. The highest BCUT2D eigenvalue weighted by atomic mass is 79.9. The summed E-state index contributed by atoms with van der Waals surface area (Å²) in [6, 6.07) is 0. The van der Waals surface area contributed by atoms with Crippen LogP contribution in [0, 0.1) is 0 Å². The normalized spacial score (nSPS) is 34.5. The zero-order valence-electron chi connectivity index (χ0n) is 7.57. The van der Waals surface area contributed by atoms with Gasteiger partial charge in [-0.3, -0.25) is 0 Å². The first-order chi connectivity index (χ1) is 5.80. The lowest BCUT2D eigenvalue weighted by Gasteiger charge is -2.18. The molecule has 0 saturated heterocycles. The molecule has 1 rings (SSSR count). The zero-order chi connectivity index (χ0) is 8.81. The molecule has 0 spiro atoms. The van der Waals surface area contributed by atoms with Crippen LogP contribution in [-0.2, 0) is 0 Å². The summed E-state index contributed by atoms with van der Waals surface area (Å²) < 4.78 is 0. The van der Waals surface area contributed by atoms with Crippen molar-refractivity contribution in [3.05, 3.63) is 0 Å². The van der Waals surface area contributed by atoms with Crippen LogP contribution in [0.15, 0.2) is 0 Å². The van der Waals surface area contributed by atoms with Crippen molar-refractivity contribution in [2.75, 3.05) is 0 Å². The molecule has 0 N–H and O–H groups in total. The van der Waals surface area contributed by atoms with E-state index in [0.717, 1.165) is 0 Å². The molecule has 2 unspecified atom stereocenters. The number of hydrogen-bond acceptors (Lipinski definition) is 0. The highest BCUT2D eigenvalue weighted by Crippen LogP contribution is 2.26. The fourth-order valence-corrected chi connectivity index (χ4v) is 2.92. The lowest BCUT2D eigenvalue weighted by molar-refractivity contribution is 0.523. The first-order valence-corrected chi connectivity index (χ1v) is 6.92. The van der Waals surface area contributed by atoms with Gasteiger partial charge in [0.25, 0.3) is 0 Å². The van der Waals surface area contributed by atoms with Crippen molar-refractivity contribution in [2.24, 2.45) is 0 Å². The molecule has 1 saturated carbocycles. The molecule has 0 aromatic heterocycles. The molecule has 1 aliphatic carbocycles. The Morgan fingerprint density at radius 2 is 0.917 bits per heavy atom. The highest BCUT2D eigenvalue weighted by Gasteiger charge is 2.15. The van der Waals surface area contributed by atoms with Gasteiger partial charge in [-0.25, -0.2) is 0 Å². The van der Waals surface area contributed by atoms with Crippen molar-refractivity contribution in [2.45, 2.75) is 61.0 Å². The summed E-state index contributed by atoms with van der Waals surface area (Å²) in [6.07, 6.45) is 11.3. The Bertz CT molecular complexity index is 100. The Kier molecular flexibility index (Phi) is 5.90. The molecule has 1 fully saturated rings. The van der Waals surface area contributed by atoms with Crippen molar-refractivity contribution in [3.63, 3.8) is 0 Å². The Balaban J connectivity index is 2.26. The molecule has 1 aliphatic rings. The van der Waals surface area contributed by atoms with Crippen molar-refractivity contribution in [3.8, 4) is 0 Å². The maximum absolute atomic E-state index is 3.75. The van der Waals surface area contributed by atoms with Gasteiger partial charge in [0, 0.05) is 9.65 Å². The van der Waals surface area contributed by atoms with Crippen molar-refractivity contribution >= 4 is 31.9 Å². The predicted molar refractivity (Wildman–Crippen MR) is 62.4 cm³/mol. The average Bonchev–Trinajstić information content (AvgIpc) is 2.08. The minimum Gasteiger partial charge on any atom is -0.0879 e. The second-order valence-electron chi connectivity index (χ2n) is 3.73. The van der Waals surface area contributed by atoms with E-state index < -0.39 is 0 Å². The first kappa shape index (κ1) is 11.0. The summed E-state index contributed by atoms with van der Waals surface area (Å²) in [5.74, 6) is 0. The third kappa shape index (κ3) is 4.27. The van der Waals surface area contributed by atoms with Gasteiger partial charge in [-0.05, 0) is 12.8 Å². The van der Waals surface area contributed by atoms with E-state index in [0.29, 0.717) is 9.65 Å². The van der Waals surface area contributed by atoms with Crippen LogP contribution in [-0.4, -0.2) is 9.65 Å². The van der Waals surface area contributed by atoms with Crippen molar-refractivity contribution in [1.29, 1.82) is 0 Å². The zero-order valence-corrected chi connectivity index (χ0v) is 10.7. The fraction of sp³-hybridized carbons (Fsp3) is 1.00. The molecular weight excluding hydrogens is 280 g/mol. The summed E-state index contributed by atoms with van der Waals surface area (Å²) >= 11 is 7.50. The van der Waals surface area contributed by atoms with Gasteiger partial charge in [0.15, 0.2) is 0 Å². The maximum Gasteiger partial charge on any atom is 0.0271 e. The van der Waals surface area contributed by atoms with Crippen LogP contribution in [0.5, 0.6) is 0 Å². The number of rotatable bonds is 0. The molecule has 0 aromatic carbocycles. The predicted octanol–water partition coefficient (Wildman–Crippen LogP) is 4.65. The molecule has 0 heterocycles. The lowest BCUT2D eigenvalue weighted by Crippen LogP contribution is -2.14.